The molecule has 0 fully saturated rings. The van der Waals surface area contributed by atoms with E-state index >= 15 is 0 Å². The van der Waals surface area contributed by atoms with Gasteiger partial charge in [0.2, 0.25) is 14.9 Å². The summed E-state index contributed by atoms with van der Waals surface area (Å²) in [6, 6.07) is 7.92. The number of fused-ring (bicyclic) bond motifs is 3. The molecule has 4 rings (SSSR count). The second-order valence-electron chi connectivity index (χ2n) is 5.56. The lowest BCUT2D eigenvalue weighted by atomic mass is 10.4. The summed E-state index contributed by atoms with van der Waals surface area (Å²) in [5.41, 5.74) is 0.952. The molecule has 0 unspecified atom stereocenters. The van der Waals surface area contributed by atoms with Crippen LogP contribution in [0.5, 0.6) is 0 Å². The predicted molar refractivity (Wildman–Crippen MR) is 97.4 cm³/mol. The van der Waals surface area contributed by atoms with Gasteiger partial charge in [0.25, 0.3) is 0 Å². The van der Waals surface area contributed by atoms with Crippen molar-refractivity contribution in [3.8, 4) is 0 Å². The fourth-order valence-electron chi connectivity index (χ4n) is 2.53. The summed E-state index contributed by atoms with van der Waals surface area (Å²) in [5, 5.41) is 9.98. The number of benzene rings is 1. The Labute approximate surface area is 152 Å². The molecule has 0 saturated heterocycles. The Morgan fingerprint density at radius 1 is 1.24 bits per heavy atom. The SMILES string of the molecule is CN(C)c1nc2c(S(=O)(=O)c3cccc(Cl)c3)nnn2c2ccsc12. The van der Waals surface area contributed by atoms with Crippen molar-refractivity contribution < 1.29 is 8.42 Å². The number of thiophene rings is 1. The summed E-state index contributed by atoms with van der Waals surface area (Å²) in [5.74, 6) is 0.669. The fourth-order valence-corrected chi connectivity index (χ4v) is 5.01. The minimum absolute atomic E-state index is 0.0565. The third-order valence-electron chi connectivity index (χ3n) is 3.69. The van der Waals surface area contributed by atoms with Gasteiger partial charge >= 0.3 is 0 Å². The van der Waals surface area contributed by atoms with E-state index in [1.54, 1.807) is 12.1 Å². The average Bonchev–Trinajstić information content (AvgIpc) is 3.20. The molecule has 0 atom stereocenters. The van der Waals surface area contributed by atoms with E-state index in [1.807, 2.05) is 30.4 Å². The molecule has 7 nitrogen and oxygen atoms in total. The second kappa shape index (κ2) is 5.65. The van der Waals surface area contributed by atoms with Crippen LogP contribution < -0.4 is 4.90 Å². The Morgan fingerprint density at radius 3 is 2.76 bits per heavy atom. The van der Waals surface area contributed by atoms with Gasteiger partial charge in [-0.2, -0.15) is 4.52 Å². The lowest BCUT2D eigenvalue weighted by Gasteiger charge is -2.12. The molecule has 128 valence electrons. The van der Waals surface area contributed by atoms with E-state index in [0.717, 1.165) is 10.2 Å². The monoisotopic (exact) mass is 393 g/mol. The molecular weight excluding hydrogens is 382 g/mol. The van der Waals surface area contributed by atoms with E-state index in [-0.39, 0.29) is 15.6 Å². The van der Waals surface area contributed by atoms with Crippen LogP contribution >= 0.6 is 22.9 Å². The van der Waals surface area contributed by atoms with Crippen molar-refractivity contribution in [3.05, 3.63) is 40.7 Å². The summed E-state index contributed by atoms with van der Waals surface area (Å²) in [7, 11) is -0.187. The van der Waals surface area contributed by atoms with E-state index < -0.39 is 9.84 Å². The molecule has 4 aromatic rings. The number of hydrogen-bond acceptors (Lipinski definition) is 7. The first kappa shape index (κ1) is 16.2. The van der Waals surface area contributed by atoms with Crippen LogP contribution in [0.25, 0.3) is 15.9 Å². The average molecular weight is 394 g/mol. The molecule has 0 aliphatic rings. The van der Waals surface area contributed by atoms with E-state index in [2.05, 4.69) is 15.3 Å². The molecule has 0 radical (unpaired) electrons. The third kappa shape index (κ3) is 2.46. The highest BCUT2D eigenvalue weighted by molar-refractivity contribution is 7.91. The van der Waals surface area contributed by atoms with Gasteiger partial charge in [-0.1, -0.05) is 22.9 Å². The Kier molecular flexibility index (Phi) is 3.67. The standard InChI is InChI=1S/C15H12ClN5O2S2/c1-20(2)13-12-11(6-7-24-12)21-14(17-13)15(18-19-21)25(22,23)10-5-3-4-9(16)8-10/h3-8H,1-2H3. The molecule has 3 aromatic heterocycles. The highest BCUT2D eigenvalue weighted by Gasteiger charge is 2.27. The predicted octanol–water partition coefficient (Wildman–Crippen LogP) is 2.89. The molecule has 0 bridgehead atoms. The normalized spacial score (nSPS) is 12.1. The quantitative estimate of drug-likeness (QED) is 0.532. The smallest absolute Gasteiger partial charge is 0.229 e. The molecule has 25 heavy (non-hydrogen) atoms. The highest BCUT2D eigenvalue weighted by Crippen LogP contribution is 2.32. The maximum Gasteiger partial charge on any atom is 0.229 e. The number of aromatic nitrogens is 4. The number of sulfone groups is 1. The summed E-state index contributed by atoms with van der Waals surface area (Å²) < 4.78 is 28.3. The van der Waals surface area contributed by atoms with Crippen molar-refractivity contribution in [1.82, 2.24) is 19.8 Å². The Bertz CT molecular complexity index is 1210. The first-order chi connectivity index (χ1) is 11.9. The van der Waals surface area contributed by atoms with Gasteiger partial charge in [-0.25, -0.2) is 13.4 Å². The topological polar surface area (TPSA) is 80.5 Å². The second-order valence-corrected chi connectivity index (χ2v) is 8.77. The number of halogens is 1. The fraction of sp³-hybridized carbons (Fsp3) is 0.133. The molecule has 0 spiro atoms. The lowest BCUT2D eigenvalue weighted by Crippen LogP contribution is -2.12. The Balaban J connectivity index is 2.05. The minimum Gasteiger partial charge on any atom is -0.361 e. The van der Waals surface area contributed by atoms with Crippen LogP contribution in [0.15, 0.2) is 45.6 Å². The number of rotatable bonds is 3. The lowest BCUT2D eigenvalue weighted by molar-refractivity contribution is 0.592. The van der Waals surface area contributed by atoms with Crippen molar-refractivity contribution in [2.24, 2.45) is 0 Å². The molecule has 10 heteroatoms. The third-order valence-corrected chi connectivity index (χ3v) is 6.47. The van der Waals surface area contributed by atoms with Gasteiger partial charge in [-0.05, 0) is 29.6 Å². The van der Waals surface area contributed by atoms with Crippen LogP contribution in [0.2, 0.25) is 5.02 Å². The van der Waals surface area contributed by atoms with Gasteiger partial charge in [-0.15, -0.1) is 16.4 Å². The number of anilines is 1. The van der Waals surface area contributed by atoms with Crippen LogP contribution in [0.1, 0.15) is 0 Å². The Hall–Kier alpha value is -2.23. The maximum atomic E-state index is 13.0. The van der Waals surface area contributed by atoms with E-state index in [0.29, 0.717) is 10.8 Å². The largest absolute Gasteiger partial charge is 0.361 e. The molecule has 3 heterocycles. The zero-order chi connectivity index (χ0) is 17.8. The highest BCUT2D eigenvalue weighted by atomic mass is 35.5. The summed E-state index contributed by atoms with van der Waals surface area (Å²) >= 11 is 7.45. The van der Waals surface area contributed by atoms with Gasteiger partial charge in [-0.3, -0.25) is 0 Å². The van der Waals surface area contributed by atoms with Crippen molar-refractivity contribution in [1.29, 1.82) is 0 Å². The van der Waals surface area contributed by atoms with Crippen molar-refractivity contribution in [2.45, 2.75) is 9.92 Å². The van der Waals surface area contributed by atoms with Gasteiger partial charge in [0.05, 0.1) is 15.1 Å². The molecule has 0 aliphatic heterocycles. The molecule has 0 saturated carbocycles. The van der Waals surface area contributed by atoms with E-state index in [1.165, 1.54) is 28.0 Å². The summed E-state index contributed by atoms with van der Waals surface area (Å²) in [6.07, 6.45) is 0. The zero-order valence-corrected chi connectivity index (χ0v) is 15.6. The van der Waals surface area contributed by atoms with Crippen LogP contribution in [0, 0.1) is 0 Å². The molecule has 0 aliphatic carbocycles. The van der Waals surface area contributed by atoms with Crippen LogP contribution in [0.4, 0.5) is 5.82 Å². The van der Waals surface area contributed by atoms with Gasteiger partial charge in [0.1, 0.15) is 5.82 Å². The summed E-state index contributed by atoms with van der Waals surface area (Å²) in [6.45, 7) is 0. The van der Waals surface area contributed by atoms with Crippen molar-refractivity contribution >= 4 is 54.5 Å². The van der Waals surface area contributed by atoms with Gasteiger partial charge in [0.15, 0.2) is 5.65 Å². The van der Waals surface area contributed by atoms with Gasteiger partial charge in [0, 0.05) is 19.1 Å². The molecule has 1 aromatic carbocycles. The van der Waals surface area contributed by atoms with E-state index in [9.17, 15) is 8.42 Å². The minimum atomic E-state index is -3.90. The summed E-state index contributed by atoms with van der Waals surface area (Å²) in [4.78, 5) is 6.40. The first-order valence-corrected chi connectivity index (χ1v) is 9.94. The van der Waals surface area contributed by atoms with E-state index in [4.69, 9.17) is 11.6 Å². The zero-order valence-electron chi connectivity index (χ0n) is 13.2. The first-order valence-electron chi connectivity index (χ1n) is 7.20. The van der Waals surface area contributed by atoms with Crippen LogP contribution in [0.3, 0.4) is 0 Å². The Morgan fingerprint density at radius 2 is 2.04 bits per heavy atom. The van der Waals surface area contributed by atoms with Gasteiger partial charge < -0.3 is 4.90 Å². The van der Waals surface area contributed by atoms with Crippen LogP contribution in [-0.2, 0) is 9.84 Å². The maximum absolute atomic E-state index is 13.0. The molecular formula is C15H12ClN5O2S2. The number of nitrogens with zero attached hydrogens (tertiary/aromatic N) is 5. The molecule has 0 amide bonds. The number of hydrogen-bond donors (Lipinski definition) is 0. The molecule has 0 N–H and O–H groups in total. The van der Waals surface area contributed by atoms with Crippen molar-refractivity contribution in [2.75, 3.05) is 19.0 Å². The van der Waals surface area contributed by atoms with Crippen LogP contribution in [-0.4, -0.2) is 42.3 Å². The van der Waals surface area contributed by atoms with Crippen molar-refractivity contribution in [3.63, 3.8) is 0 Å².